The number of benzene rings is 2. The molecule has 0 unspecified atom stereocenters. The van der Waals surface area contributed by atoms with E-state index in [-0.39, 0.29) is 11.7 Å². The fraction of sp³-hybridized carbons (Fsp3) is 0.150. The van der Waals surface area contributed by atoms with Crippen LogP contribution in [0, 0.1) is 19.7 Å². The zero-order valence-corrected chi connectivity index (χ0v) is 15.7. The topological polar surface area (TPSA) is 59.3 Å². The third kappa shape index (κ3) is 4.60. The normalized spacial score (nSPS) is 11.1. The quantitative estimate of drug-likeness (QED) is 0.531. The summed E-state index contributed by atoms with van der Waals surface area (Å²) < 4.78 is 14.6. The molecule has 0 saturated carbocycles. The van der Waals surface area contributed by atoms with E-state index in [4.69, 9.17) is 11.6 Å². The van der Waals surface area contributed by atoms with Gasteiger partial charge in [0.1, 0.15) is 11.0 Å². The largest absolute Gasteiger partial charge is 0.271 e. The second-order valence-corrected chi connectivity index (χ2v) is 6.50. The molecule has 0 spiro atoms. The van der Waals surface area contributed by atoms with Gasteiger partial charge in [-0.15, -0.1) is 0 Å². The lowest BCUT2D eigenvalue weighted by Gasteiger charge is -2.03. The van der Waals surface area contributed by atoms with Crippen molar-refractivity contribution in [3.63, 3.8) is 0 Å². The molecule has 5 nitrogen and oxygen atoms in total. The van der Waals surface area contributed by atoms with Crippen LogP contribution in [0.15, 0.2) is 53.6 Å². The number of nitrogens with zero attached hydrogens (tertiary/aromatic N) is 3. The first-order valence-electron chi connectivity index (χ1n) is 8.31. The van der Waals surface area contributed by atoms with Gasteiger partial charge in [-0.3, -0.25) is 4.79 Å². The third-order valence-corrected chi connectivity index (χ3v) is 4.43. The van der Waals surface area contributed by atoms with E-state index in [1.54, 1.807) is 35.9 Å². The average molecular weight is 385 g/mol. The lowest BCUT2D eigenvalue weighted by atomic mass is 10.1. The Hall–Kier alpha value is -2.99. The molecule has 0 bridgehead atoms. The van der Waals surface area contributed by atoms with Crippen LogP contribution < -0.4 is 5.43 Å². The number of hydrazone groups is 1. The molecule has 1 amide bonds. The minimum absolute atomic E-state index is 0.293. The highest BCUT2D eigenvalue weighted by molar-refractivity contribution is 6.32. The lowest BCUT2D eigenvalue weighted by Crippen LogP contribution is -2.17. The Labute approximate surface area is 161 Å². The second kappa shape index (κ2) is 8.14. The number of nitrogens with one attached hydrogen (secondary N) is 1. The molecule has 3 aromatic rings. The van der Waals surface area contributed by atoms with E-state index in [1.807, 2.05) is 19.1 Å². The van der Waals surface area contributed by atoms with Crippen molar-refractivity contribution in [3.8, 4) is 0 Å². The van der Waals surface area contributed by atoms with Crippen LogP contribution in [0.25, 0.3) is 0 Å². The van der Waals surface area contributed by atoms with E-state index in [0.717, 1.165) is 11.1 Å². The average Bonchev–Trinajstić information content (AvgIpc) is 2.91. The van der Waals surface area contributed by atoms with Crippen molar-refractivity contribution in [1.29, 1.82) is 0 Å². The molecule has 27 heavy (non-hydrogen) atoms. The Bertz CT molecular complexity index is 978. The van der Waals surface area contributed by atoms with E-state index < -0.39 is 0 Å². The smallest absolute Gasteiger partial charge is 0.267 e. The maximum Gasteiger partial charge on any atom is 0.271 e. The molecule has 0 atom stereocenters. The van der Waals surface area contributed by atoms with Crippen molar-refractivity contribution in [1.82, 2.24) is 15.2 Å². The Morgan fingerprint density at radius 1 is 1.19 bits per heavy atom. The van der Waals surface area contributed by atoms with Crippen molar-refractivity contribution < 1.29 is 9.18 Å². The van der Waals surface area contributed by atoms with Gasteiger partial charge < -0.3 is 0 Å². The molecule has 0 aliphatic rings. The summed E-state index contributed by atoms with van der Waals surface area (Å²) in [5.74, 6) is -0.600. The Kier molecular flexibility index (Phi) is 5.66. The molecular weight excluding hydrogens is 367 g/mol. The number of carbonyl (C=O) groups excluding carboxylic acids is 1. The number of hydrogen-bond acceptors (Lipinski definition) is 3. The van der Waals surface area contributed by atoms with Gasteiger partial charge in [-0.1, -0.05) is 41.4 Å². The molecule has 1 N–H and O–H groups in total. The molecule has 7 heteroatoms. The predicted molar refractivity (Wildman–Crippen MR) is 104 cm³/mol. The number of rotatable bonds is 5. The van der Waals surface area contributed by atoms with Gasteiger partial charge in [0.2, 0.25) is 0 Å². The van der Waals surface area contributed by atoms with Crippen molar-refractivity contribution in [2.24, 2.45) is 5.10 Å². The summed E-state index contributed by atoms with van der Waals surface area (Å²) in [4.78, 5) is 12.1. The van der Waals surface area contributed by atoms with Gasteiger partial charge in [-0.25, -0.2) is 14.5 Å². The molecule has 0 aliphatic carbocycles. The van der Waals surface area contributed by atoms with Crippen LogP contribution in [0.2, 0.25) is 5.15 Å². The highest BCUT2D eigenvalue weighted by atomic mass is 35.5. The minimum Gasteiger partial charge on any atom is -0.267 e. The van der Waals surface area contributed by atoms with Gasteiger partial charge in [0.15, 0.2) is 0 Å². The molecule has 0 fully saturated rings. The van der Waals surface area contributed by atoms with Gasteiger partial charge >= 0.3 is 0 Å². The van der Waals surface area contributed by atoms with Gasteiger partial charge in [0, 0.05) is 5.56 Å². The maximum atomic E-state index is 13.0. The first kappa shape index (κ1) is 18.8. The fourth-order valence-electron chi connectivity index (χ4n) is 2.51. The number of amides is 1. The van der Waals surface area contributed by atoms with E-state index in [2.05, 4.69) is 15.6 Å². The second-order valence-electron chi connectivity index (χ2n) is 6.14. The summed E-state index contributed by atoms with van der Waals surface area (Å²) >= 11 is 6.38. The zero-order valence-electron chi connectivity index (χ0n) is 14.9. The summed E-state index contributed by atoms with van der Waals surface area (Å²) in [7, 11) is 0. The fourth-order valence-corrected chi connectivity index (χ4v) is 2.79. The molecule has 138 valence electrons. The SMILES string of the molecule is Cc1ccc(C(=O)N/N=C\c2c(C)nn(Cc3ccc(F)cc3)c2Cl)cc1. The Balaban J connectivity index is 1.70. The maximum absolute atomic E-state index is 13.0. The van der Waals surface area contributed by atoms with E-state index in [0.29, 0.717) is 28.5 Å². The molecule has 0 radical (unpaired) electrons. The first-order chi connectivity index (χ1) is 12.9. The molecule has 3 rings (SSSR count). The summed E-state index contributed by atoms with van der Waals surface area (Å²) in [6, 6.07) is 13.3. The van der Waals surface area contributed by atoms with Crippen molar-refractivity contribution >= 4 is 23.7 Å². The molecule has 1 aromatic heterocycles. The van der Waals surface area contributed by atoms with E-state index in [9.17, 15) is 9.18 Å². The van der Waals surface area contributed by atoms with E-state index in [1.165, 1.54) is 18.3 Å². The standard InChI is InChI=1S/C20H18ClFN4O/c1-13-3-7-16(8-4-13)20(27)24-23-11-18-14(2)25-26(19(18)21)12-15-5-9-17(22)10-6-15/h3-11H,12H2,1-2H3,(H,24,27)/b23-11-. The monoisotopic (exact) mass is 384 g/mol. The van der Waals surface area contributed by atoms with Gasteiger partial charge in [-0.05, 0) is 43.7 Å². The summed E-state index contributed by atoms with van der Waals surface area (Å²) in [5.41, 5.74) is 6.24. The number of halogens is 2. The Morgan fingerprint density at radius 3 is 2.52 bits per heavy atom. The molecule has 0 saturated heterocycles. The van der Waals surface area contributed by atoms with Crippen LogP contribution in [0.1, 0.15) is 32.7 Å². The third-order valence-electron chi connectivity index (χ3n) is 4.03. The summed E-state index contributed by atoms with van der Waals surface area (Å²) in [6.07, 6.45) is 1.47. The van der Waals surface area contributed by atoms with Crippen molar-refractivity contribution in [2.45, 2.75) is 20.4 Å². The highest BCUT2D eigenvalue weighted by Crippen LogP contribution is 2.19. The minimum atomic E-state index is -0.307. The van der Waals surface area contributed by atoms with Crippen molar-refractivity contribution in [3.05, 3.63) is 87.4 Å². The van der Waals surface area contributed by atoms with Crippen molar-refractivity contribution in [2.75, 3.05) is 0 Å². The summed E-state index contributed by atoms with van der Waals surface area (Å²) in [6.45, 7) is 4.16. The van der Waals surface area contributed by atoms with Crippen LogP contribution >= 0.6 is 11.6 Å². The first-order valence-corrected chi connectivity index (χ1v) is 8.69. The molecule has 1 heterocycles. The molecular formula is C20H18ClFN4O. The summed E-state index contributed by atoms with van der Waals surface area (Å²) in [5, 5.41) is 8.76. The van der Waals surface area contributed by atoms with Gasteiger partial charge in [-0.2, -0.15) is 10.2 Å². The van der Waals surface area contributed by atoms with Crippen LogP contribution in [0.5, 0.6) is 0 Å². The van der Waals surface area contributed by atoms with Crippen LogP contribution in [0.4, 0.5) is 4.39 Å². The number of hydrogen-bond donors (Lipinski definition) is 1. The molecule has 0 aliphatic heterocycles. The van der Waals surface area contributed by atoms with Gasteiger partial charge in [0.05, 0.1) is 24.0 Å². The van der Waals surface area contributed by atoms with E-state index >= 15 is 0 Å². The highest BCUT2D eigenvalue weighted by Gasteiger charge is 2.12. The predicted octanol–water partition coefficient (Wildman–Crippen LogP) is 4.10. The van der Waals surface area contributed by atoms with Crippen LogP contribution in [-0.4, -0.2) is 21.9 Å². The van der Waals surface area contributed by atoms with Crippen LogP contribution in [-0.2, 0) is 6.54 Å². The van der Waals surface area contributed by atoms with Gasteiger partial charge in [0.25, 0.3) is 5.91 Å². The number of aryl methyl sites for hydroxylation is 2. The zero-order chi connectivity index (χ0) is 19.4. The van der Waals surface area contributed by atoms with Crippen LogP contribution in [0.3, 0.4) is 0 Å². The molecule has 2 aromatic carbocycles. The Morgan fingerprint density at radius 2 is 1.85 bits per heavy atom. The lowest BCUT2D eigenvalue weighted by molar-refractivity contribution is 0.0955. The number of aromatic nitrogens is 2. The number of carbonyl (C=O) groups is 1.